The van der Waals surface area contributed by atoms with Crippen LogP contribution >= 0.6 is 0 Å². The van der Waals surface area contributed by atoms with Gasteiger partial charge >= 0.3 is 0 Å². The molecule has 0 fully saturated rings. The first-order valence-corrected chi connectivity index (χ1v) is 6.17. The molecule has 0 bridgehead atoms. The van der Waals surface area contributed by atoms with Crippen molar-refractivity contribution in [2.75, 3.05) is 11.1 Å². The lowest BCUT2D eigenvalue weighted by Crippen LogP contribution is -2.06. The lowest BCUT2D eigenvalue weighted by molar-refractivity contribution is -0.110. The van der Waals surface area contributed by atoms with Gasteiger partial charge in [0.1, 0.15) is 0 Å². The van der Waals surface area contributed by atoms with Gasteiger partial charge in [0.25, 0.3) is 5.91 Å². The first-order chi connectivity index (χ1) is 9.65. The van der Waals surface area contributed by atoms with Crippen LogP contribution in [0.25, 0.3) is 5.57 Å². The van der Waals surface area contributed by atoms with E-state index in [4.69, 9.17) is 5.73 Å². The van der Waals surface area contributed by atoms with Crippen LogP contribution in [-0.4, -0.2) is 11.7 Å². The summed E-state index contributed by atoms with van der Waals surface area (Å²) in [6.45, 7) is 0. The predicted octanol–water partition coefficient (Wildman–Crippen LogP) is 2.49. The van der Waals surface area contributed by atoms with E-state index < -0.39 is 0 Å². The fraction of sp³-hybridized carbons (Fsp3) is 0. The molecule has 1 aliphatic rings. The van der Waals surface area contributed by atoms with Crippen LogP contribution in [0.3, 0.4) is 0 Å². The summed E-state index contributed by atoms with van der Waals surface area (Å²) >= 11 is 0. The molecule has 1 heterocycles. The Labute approximate surface area is 115 Å². The standard InChI is InChI=1S/C16H12N2O2/c17-11-5-3-4-10(8-11)15(19)9-13-12-6-1-2-7-14(12)18-16(13)20/h1-9H,17H2,(H,18,20). The molecule has 0 atom stereocenters. The lowest BCUT2D eigenvalue weighted by atomic mass is 10.0. The van der Waals surface area contributed by atoms with E-state index in [1.165, 1.54) is 6.08 Å². The molecule has 0 spiro atoms. The van der Waals surface area contributed by atoms with Crippen LogP contribution < -0.4 is 11.1 Å². The number of carbonyl (C=O) groups is 2. The topological polar surface area (TPSA) is 72.2 Å². The molecule has 4 heteroatoms. The van der Waals surface area contributed by atoms with Crippen molar-refractivity contribution in [3.63, 3.8) is 0 Å². The average molecular weight is 264 g/mol. The Balaban J connectivity index is 2.01. The summed E-state index contributed by atoms with van der Waals surface area (Å²) in [4.78, 5) is 24.1. The second kappa shape index (κ2) is 4.66. The number of nitrogens with one attached hydrogen (secondary N) is 1. The highest BCUT2D eigenvalue weighted by atomic mass is 16.2. The second-order valence-electron chi connectivity index (χ2n) is 4.55. The molecule has 0 saturated carbocycles. The Kier molecular flexibility index (Phi) is 2.84. The SMILES string of the molecule is Nc1cccc(C(=O)C=C2C(=O)Nc3ccccc32)c1. The Bertz CT molecular complexity index is 748. The second-order valence-corrected chi connectivity index (χ2v) is 4.55. The number of amides is 1. The predicted molar refractivity (Wildman–Crippen MR) is 78.2 cm³/mol. The summed E-state index contributed by atoms with van der Waals surface area (Å²) in [5.74, 6) is -0.498. The smallest absolute Gasteiger partial charge is 0.256 e. The molecule has 2 aromatic rings. The number of para-hydroxylation sites is 1. The Morgan fingerprint density at radius 2 is 1.90 bits per heavy atom. The molecular weight excluding hydrogens is 252 g/mol. The first-order valence-electron chi connectivity index (χ1n) is 6.17. The molecule has 3 N–H and O–H groups in total. The summed E-state index contributed by atoms with van der Waals surface area (Å²) in [7, 11) is 0. The maximum atomic E-state index is 12.2. The number of nitrogen functional groups attached to an aromatic ring is 1. The molecule has 3 rings (SSSR count). The van der Waals surface area contributed by atoms with E-state index >= 15 is 0 Å². The third-order valence-electron chi connectivity index (χ3n) is 3.16. The molecule has 98 valence electrons. The van der Waals surface area contributed by atoms with Crippen molar-refractivity contribution in [3.05, 3.63) is 65.7 Å². The number of benzene rings is 2. The molecule has 0 saturated heterocycles. The third-order valence-corrected chi connectivity index (χ3v) is 3.16. The number of fused-ring (bicyclic) bond motifs is 1. The number of carbonyl (C=O) groups excluding carboxylic acids is 2. The number of hydrogen-bond acceptors (Lipinski definition) is 3. The van der Waals surface area contributed by atoms with Crippen LogP contribution in [0, 0.1) is 0 Å². The van der Waals surface area contributed by atoms with Gasteiger partial charge in [-0.05, 0) is 24.3 Å². The van der Waals surface area contributed by atoms with Gasteiger partial charge < -0.3 is 11.1 Å². The van der Waals surface area contributed by atoms with Crippen molar-refractivity contribution < 1.29 is 9.59 Å². The molecular formula is C16H12N2O2. The molecule has 1 aliphatic heterocycles. The monoisotopic (exact) mass is 264 g/mol. The molecule has 0 aromatic heterocycles. The quantitative estimate of drug-likeness (QED) is 0.497. The number of anilines is 2. The van der Waals surface area contributed by atoms with E-state index in [0.29, 0.717) is 16.8 Å². The minimum absolute atomic E-state index is 0.237. The fourth-order valence-corrected chi connectivity index (χ4v) is 2.19. The normalized spacial score (nSPS) is 15.0. The molecule has 20 heavy (non-hydrogen) atoms. The number of allylic oxidation sites excluding steroid dienone is 1. The van der Waals surface area contributed by atoms with Gasteiger partial charge in [-0.15, -0.1) is 0 Å². The van der Waals surface area contributed by atoms with Gasteiger partial charge in [0, 0.05) is 22.5 Å². The largest absolute Gasteiger partial charge is 0.399 e. The van der Waals surface area contributed by atoms with Crippen LogP contribution in [0.15, 0.2) is 54.6 Å². The zero-order valence-corrected chi connectivity index (χ0v) is 10.6. The lowest BCUT2D eigenvalue weighted by Gasteiger charge is -1.99. The van der Waals surface area contributed by atoms with Gasteiger partial charge in [-0.3, -0.25) is 9.59 Å². The summed E-state index contributed by atoms with van der Waals surface area (Å²) < 4.78 is 0. The van der Waals surface area contributed by atoms with Crippen LogP contribution in [0.4, 0.5) is 11.4 Å². The molecule has 0 unspecified atom stereocenters. The number of hydrogen-bond donors (Lipinski definition) is 2. The van der Waals surface area contributed by atoms with Gasteiger partial charge in [0.2, 0.25) is 0 Å². The van der Waals surface area contributed by atoms with E-state index in [-0.39, 0.29) is 11.7 Å². The molecule has 2 aromatic carbocycles. The van der Waals surface area contributed by atoms with E-state index in [9.17, 15) is 9.59 Å². The molecule has 1 amide bonds. The van der Waals surface area contributed by atoms with Crippen molar-refractivity contribution >= 4 is 28.6 Å². The van der Waals surface area contributed by atoms with Crippen LogP contribution in [0.2, 0.25) is 0 Å². The average Bonchev–Trinajstić information content (AvgIpc) is 2.75. The van der Waals surface area contributed by atoms with Gasteiger partial charge in [-0.25, -0.2) is 0 Å². The van der Waals surface area contributed by atoms with E-state index in [1.807, 2.05) is 18.2 Å². The fourth-order valence-electron chi connectivity index (χ4n) is 2.19. The number of rotatable bonds is 2. The van der Waals surface area contributed by atoms with Crippen LogP contribution in [0.5, 0.6) is 0 Å². The first kappa shape index (κ1) is 12.2. The summed E-state index contributed by atoms with van der Waals surface area (Å²) in [5.41, 5.74) is 8.50. The molecule has 0 radical (unpaired) electrons. The highest BCUT2D eigenvalue weighted by molar-refractivity contribution is 6.35. The summed E-state index contributed by atoms with van der Waals surface area (Å²) in [5, 5.41) is 2.73. The van der Waals surface area contributed by atoms with E-state index in [2.05, 4.69) is 5.32 Å². The van der Waals surface area contributed by atoms with Crippen LogP contribution in [0.1, 0.15) is 15.9 Å². The van der Waals surface area contributed by atoms with Crippen LogP contribution in [-0.2, 0) is 4.79 Å². The highest BCUT2D eigenvalue weighted by Gasteiger charge is 2.24. The highest BCUT2D eigenvalue weighted by Crippen LogP contribution is 2.31. The molecule has 0 aliphatic carbocycles. The maximum absolute atomic E-state index is 12.2. The Morgan fingerprint density at radius 3 is 2.70 bits per heavy atom. The van der Waals surface area contributed by atoms with Crippen molar-refractivity contribution in [1.82, 2.24) is 0 Å². The van der Waals surface area contributed by atoms with Gasteiger partial charge in [-0.1, -0.05) is 30.3 Å². The van der Waals surface area contributed by atoms with Gasteiger partial charge in [-0.2, -0.15) is 0 Å². The minimum Gasteiger partial charge on any atom is -0.399 e. The zero-order chi connectivity index (χ0) is 14.1. The van der Waals surface area contributed by atoms with Crippen molar-refractivity contribution in [2.45, 2.75) is 0 Å². The summed E-state index contributed by atoms with van der Waals surface area (Å²) in [6.07, 6.45) is 1.36. The number of ketones is 1. The van der Waals surface area contributed by atoms with E-state index in [0.717, 1.165) is 11.3 Å². The van der Waals surface area contributed by atoms with Gasteiger partial charge in [0.15, 0.2) is 5.78 Å². The Hall–Kier alpha value is -2.88. The van der Waals surface area contributed by atoms with Gasteiger partial charge in [0.05, 0.1) is 5.57 Å². The third kappa shape index (κ3) is 2.07. The van der Waals surface area contributed by atoms with E-state index in [1.54, 1.807) is 30.3 Å². The van der Waals surface area contributed by atoms with Crippen molar-refractivity contribution in [2.24, 2.45) is 0 Å². The Morgan fingerprint density at radius 1 is 1.10 bits per heavy atom. The number of nitrogens with two attached hydrogens (primary N) is 1. The zero-order valence-electron chi connectivity index (χ0n) is 10.6. The molecule has 4 nitrogen and oxygen atoms in total. The minimum atomic E-state index is -0.261. The van der Waals surface area contributed by atoms with Crippen molar-refractivity contribution in [1.29, 1.82) is 0 Å². The maximum Gasteiger partial charge on any atom is 0.256 e. The van der Waals surface area contributed by atoms with Crippen molar-refractivity contribution in [3.8, 4) is 0 Å². The summed E-state index contributed by atoms with van der Waals surface area (Å²) in [6, 6.07) is 14.0.